The third-order valence-electron chi connectivity index (χ3n) is 12.0. The summed E-state index contributed by atoms with van der Waals surface area (Å²) < 4.78 is 5.90. The normalized spacial score (nSPS) is 13.7. The molecule has 6 heteroatoms. The number of unbranched alkanes of at least 4 members (excludes halogenated alkanes) is 29. The first-order valence-corrected chi connectivity index (χ1v) is 26.6. The number of amides is 1. The topological polar surface area (TPSA) is 95.9 Å². The van der Waals surface area contributed by atoms with Gasteiger partial charge in [0.1, 0.15) is 6.10 Å². The number of ether oxygens (including phenoxy) is 1. The molecule has 360 valence electrons. The molecule has 0 saturated heterocycles. The molecule has 3 N–H and O–H groups in total. The maximum absolute atomic E-state index is 13.2. The van der Waals surface area contributed by atoms with E-state index in [9.17, 15) is 19.8 Å². The van der Waals surface area contributed by atoms with Crippen LogP contribution < -0.4 is 5.32 Å². The maximum Gasteiger partial charge on any atom is 0.306 e. The fourth-order valence-corrected chi connectivity index (χ4v) is 7.99. The maximum atomic E-state index is 13.2. The van der Waals surface area contributed by atoms with Gasteiger partial charge in [0.15, 0.2) is 0 Å². The van der Waals surface area contributed by atoms with Crippen LogP contribution in [0.1, 0.15) is 258 Å². The number of rotatable bonds is 47. The van der Waals surface area contributed by atoms with E-state index in [4.69, 9.17) is 4.74 Å². The van der Waals surface area contributed by atoms with Crippen LogP contribution in [0.15, 0.2) is 60.8 Å². The van der Waals surface area contributed by atoms with Crippen molar-refractivity contribution >= 4 is 11.9 Å². The zero-order valence-electron chi connectivity index (χ0n) is 41.0. The van der Waals surface area contributed by atoms with Gasteiger partial charge in [0.2, 0.25) is 5.91 Å². The van der Waals surface area contributed by atoms with Gasteiger partial charge in [0.05, 0.1) is 25.2 Å². The second kappa shape index (κ2) is 49.6. The van der Waals surface area contributed by atoms with Crippen LogP contribution in [-0.2, 0) is 14.3 Å². The number of allylic oxidation sites excluding steroid dienone is 10. The Kier molecular flexibility index (Phi) is 47.6. The molecular weight excluding hydrogens is 767 g/mol. The van der Waals surface area contributed by atoms with Crippen LogP contribution in [0.25, 0.3) is 0 Å². The molecule has 0 heterocycles. The van der Waals surface area contributed by atoms with Crippen LogP contribution in [0.2, 0.25) is 0 Å². The molecule has 0 aliphatic carbocycles. The zero-order valence-corrected chi connectivity index (χ0v) is 41.0. The molecule has 0 saturated carbocycles. The predicted molar refractivity (Wildman–Crippen MR) is 268 cm³/mol. The summed E-state index contributed by atoms with van der Waals surface area (Å²) in [6.45, 7) is 6.34. The molecule has 3 unspecified atom stereocenters. The van der Waals surface area contributed by atoms with E-state index >= 15 is 0 Å². The number of carbonyl (C=O) groups is 2. The predicted octanol–water partition coefficient (Wildman–Crippen LogP) is 16.0. The lowest BCUT2D eigenvalue weighted by Crippen LogP contribution is -2.46. The van der Waals surface area contributed by atoms with E-state index in [1.807, 2.05) is 48.6 Å². The van der Waals surface area contributed by atoms with Gasteiger partial charge in [-0.25, -0.2) is 0 Å². The molecule has 0 radical (unpaired) electrons. The fraction of sp³-hybridized carbons (Fsp3) is 0.786. The summed E-state index contributed by atoms with van der Waals surface area (Å²) in [6.07, 6.45) is 61.4. The molecule has 0 bridgehead atoms. The molecule has 0 fully saturated rings. The van der Waals surface area contributed by atoms with Crippen molar-refractivity contribution in [3.8, 4) is 0 Å². The van der Waals surface area contributed by atoms with Gasteiger partial charge in [0.25, 0.3) is 0 Å². The lowest BCUT2D eigenvalue weighted by Gasteiger charge is -2.24. The van der Waals surface area contributed by atoms with Gasteiger partial charge < -0.3 is 20.3 Å². The first kappa shape index (κ1) is 59.6. The average molecular weight is 868 g/mol. The number of aliphatic hydroxyl groups excluding tert-OH is 2. The minimum absolute atomic E-state index is 0.0503. The van der Waals surface area contributed by atoms with E-state index < -0.39 is 18.2 Å². The smallest absolute Gasteiger partial charge is 0.306 e. The average Bonchev–Trinajstić information content (AvgIpc) is 3.26. The lowest BCUT2D eigenvalue weighted by molar-refractivity contribution is -0.151. The number of esters is 1. The van der Waals surface area contributed by atoms with Crippen molar-refractivity contribution in [2.75, 3.05) is 6.61 Å². The molecule has 62 heavy (non-hydrogen) atoms. The Morgan fingerprint density at radius 3 is 1.26 bits per heavy atom. The van der Waals surface area contributed by atoms with E-state index in [0.717, 1.165) is 51.4 Å². The standard InChI is InChI=1S/C56H101NO5/c1-4-7-10-13-16-19-22-25-27-28-31-33-36-39-42-45-48-54(59)53(51-58)57-55(60)50-52(47-44-41-38-35-32-30-26-23-20-17-14-11-8-5-2)62-56(61)49-46-43-40-37-34-29-24-21-18-15-12-9-6-3/h9,12,15,18,21,24,29,34,37,40,52-54,58-59H,4-8,10-11,13-14,16-17,19-20,22-23,25-28,30-33,35-36,38-39,41-51H2,1-3H3,(H,57,60)/b12-9+,18-15+,24-21-,34-29-,40-37+. The molecule has 0 aromatic rings. The highest BCUT2D eigenvalue weighted by Gasteiger charge is 2.24. The molecule has 0 rings (SSSR count). The second-order valence-electron chi connectivity index (χ2n) is 18.0. The second-order valence-corrected chi connectivity index (χ2v) is 18.0. The Bertz CT molecular complexity index is 1110. The lowest BCUT2D eigenvalue weighted by atomic mass is 10.0. The van der Waals surface area contributed by atoms with Crippen LogP contribution in [0, 0.1) is 0 Å². The van der Waals surface area contributed by atoms with Gasteiger partial charge >= 0.3 is 5.97 Å². The molecule has 0 aliphatic heterocycles. The summed E-state index contributed by atoms with van der Waals surface area (Å²) >= 11 is 0. The number of hydrogen-bond donors (Lipinski definition) is 3. The van der Waals surface area contributed by atoms with E-state index in [0.29, 0.717) is 25.7 Å². The Balaban J connectivity index is 4.61. The van der Waals surface area contributed by atoms with Crippen molar-refractivity contribution in [3.05, 3.63) is 60.8 Å². The molecule has 1 amide bonds. The highest BCUT2D eigenvalue weighted by Crippen LogP contribution is 2.18. The minimum atomic E-state index is -0.800. The summed E-state index contributed by atoms with van der Waals surface area (Å²) in [5.41, 5.74) is 0. The zero-order chi connectivity index (χ0) is 45.2. The van der Waals surface area contributed by atoms with Crippen LogP contribution in [0.5, 0.6) is 0 Å². The van der Waals surface area contributed by atoms with Gasteiger partial charge in [-0.2, -0.15) is 0 Å². The third kappa shape index (κ3) is 44.2. The minimum Gasteiger partial charge on any atom is -0.462 e. The first-order valence-electron chi connectivity index (χ1n) is 26.6. The molecule has 0 aromatic carbocycles. The van der Waals surface area contributed by atoms with Gasteiger partial charge in [-0.3, -0.25) is 9.59 Å². The van der Waals surface area contributed by atoms with Crippen molar-refractivity contribution in [1.29, 1.82) is 0 Å². The third-order valence-corrected chi connectivity index (χ3v) is 12.0. The van der Waals surface area contributed by atoms with Crippen molar-refractivity contribution in [2.45, 2.75) is 277 Å². The van der Waals surface area contributed by atoms with Crippen molar-refractivity contribution < 1.29 is 24.5 Å². The van der Waals surface area contributed by atoms with E-state index in [1.165, 1.54) is 154 Å². The number of hydrogen-bond acceptors (Lipinski definition) is 5. The molecule has 0 spiro atoms. The van der Waals surface area contributed by atoms with Gasteiger partial charge in [0, 0.05) is 6.42 Å². The van der Waals surface area contributed by atoms with Crippen molar-refractivity contribution in [3.63, 3.8) is 0 Å². The number of aliphatic hydroxyl groups is 2. The Labute approximate surface area is 384 Å². The largest absolute Gasteiger partial charge is 0.462 e. The monoisotopic (exact) mass is 868 g/mol. The Morgan fingerprint density at radius 2 is 0.855 bits per heavy atom. The fourth-order valence-electron chi connectivity index (χ4n) is 7.99. The number of carbonyl (C=O) groups excluding carboxylic acids is 2. The Hall–Kier alpha value is -2.44. The van der Waals surface area contributed by atoms with Crippen molar-refractivity contribution in [2.24, 2.45) is 0 Å². The molecule has 0 aromatic heterocycles. The quantitative estimate of drug-likeness (QED) is 0.0322. The summed E-state index contributed by atoms with van der Waals surface area (Å²) in [5, 5.41) is 23.8. The number of nitrogens with one attached hydrogen (secondary N) is 1. The van der Waals surface area contributed by atoms with Crippen molar-refractivity contribution in [1.82, 2.24) is 5.32 Å². The first-order chi connectivity index (χ1) is 30.5. The molecular formula is C56H101NO5. The summed E-state index contributed by atoms with van der Waals surface area (Å²) in [4.78, 5) is 26.1. The van der Waals surface area contributed by atoms with Crippen LogP contribution in [0.3, 0.4) is 0 Å². The van der Waals surface area contributed by atoms with Gasteiger partial charge in [-0.05, 0) is 38.5 Å². The molecule has 3 atom stereocenters. The molecule has 6 nitrogen and oxygen atoms in total. The highest BCUT2D eigenvalue weighted by atomic mass is 16.5. The Morgan fingerprint density at radius 1 is 0.484 bits per heavy atom. The highest BCUT2D eigenvalue weighted by molar-refractivity contribution is 5.77. The summed E-state index contributed by atoms with van der Waals surface area (Å²) in [6, 6.07) is -0.716. The van der Waals surface area contributed by atoms with Crippen LogP contribution >= 0.6 is 0 Å². The van der Waals surface area contributed by atoms with Crippen LogP contribution in [0.4, 0.5) is 0 Å². The van der Waals surface area contributed by atoms with E-state index in [2.05, 4.69) is 38.2 Å². The van der Waals surface area contributed by atoms with E-state index in [1.54, 1.807) is 0 Å². The summed E-state index contributed by atoms with van der Waals surface area (Å²) in [7, 11) is 0. The van der Waals surface area contributed by atoms with E-state index in [-0.39, 0.29) is 24.9 Å². The van der Waals surface area contributed by atoms with Crippen LogP contribution in [-0.4, -0.2) is 46.9 Å². The molecule has 0 aliphatic rings. The van der Waals surface area contributed by atoms with Gasteiger partial charge in [-0.15, -0.1) is 0 Å². The SMILES string of the molecule is CC/C=C/C=C/C=C\C=C/C=C/CCCC(=O)OC(CCCCCCCCCCCCCCCC)CC(=O)NC(CO)C(O)CCCCCCCCCCCCCCCCCC. The van der Waals surface area contributed by atoms with Gasteiger partial charge in [-0.1, -0.05) is 268 Å². The summed E-state index contributed by atoms with van der Waals surface area (Å²) in [5.74, 6) is -0.555.